The van der Waals surface area contributed by atoms with E-state index in [0.29, 0.717) is 0 Å². The summed E-state index contributed by atoms with van der Waals surface area (Å²) in [5.74, 6) is 0. The summed E-state index contributed by atoms with van der Waals surface area (Å²) in [7, 11) is 0. The summed E-state index contributed by atoms with van der Waals surface area (Å²) < 4.78 is 0. The maximum absolute atomic E-state index is 0. The van der Waals surface area contributed by atoms with E-state index in [-0.39, 0.29) is 64.0 Å². The van der Waals surface area contributed by atoms with Gasteiger partial charge in [0.2, 0.25) is 0 Å². The number of halogens is 5. The van der Waals surface area contributed by atoms with Gasteiger partial charge in [0.05, 0.1) is 0 Å². The molecule has 0 aliphatic carbocycles. The Balaban J connectivity index is 0. The van der Waals surface area contributed by atoms with E-state index in [9.17, 15) is 0 Å². The summed E-state index contributed by atoms with van der Waals surface area (Å²) in [4.78, 5) is 0. The fourth-order valence-corrected chi connectivity index (χ4v) is 0. The van der Waals surface area contributed by atoms with Crippen molar-refractivity contribution < 1.29 is 53.1 Å². The van der Waals surface area contributed by atoms with Crippen LogP contribution in [-0.2, 0) is 0 Å². The molecule has 0 amide bonds. The fraction of sp³-hybridized carbons (Fsp3) is 0. The molecule has 0 heterocycles. The fourth-order valence-electron chi connectivity index (χ4n) is 0. The summed E-state index contributed by atoms with van der Waals surface area (Å²) in [5, 5.41) is 0. The van der Waals surface area contributed by atoms with E-state index in [0.717, 1.165) is 0 Å². The van der Waals surface area contributed by atoms with Crippen LogP contribution in [0.1, 0.15) is 0 Å². The largest absolute Gasteiger partial charge is 4.00 e. The first-order valence-corrected chi connectivity index (χ1v) is 0. The summed E-state index contributed by atoms with van der Waals surface area (Å²) in [5.41, 5.74) is 0. The maximum atomic E-state index is 0. The molecule has 0 aromatic heterocycles. The molecule has 0 N–H and O–H groups in total. The molecule has 40 valence electrons. The molecule has 0 bridgehead atoms. The summed E-state index contributed by atoms with van der Waals surface area (Å²) in [6.07, 6.45) is 0. The summed E-state index contributed by atoms with van der Waals surface area (Å²) in [6, 6.07) is 0. The van der Waals surface area contributed by atoms with Crippen LogP contribution in [0.3, 0.4) is 0 Å². The Kier molecular flexibility index (Phi) is 22200. The second kappa shape index (κ2) is 315. The molecule has 0 spiro atoms. The van der Waals surface area contributed by atoms with Crippen molar-refractivity contribution in [3.8, 4) is 0 Å². The smallest absolute Gasteiger partial charge is 1.00 e. The SMILES string of the molecule is [F-].[F-].[F-].[F-].[F-].[Na+].[Si+4]. The number of hydrogen-bond acceptors (Lipinski definition) is 0. The Morgan fingerprint density at radius 3 is 0.429 bits per heavy atom. The van der Waals surface area contributed by atoms with Crippen molar-refractivity contribution in [3.63, 3.8) is 0 Å². The molecule has 0 aromatic carbocycles. The molecular formula is F5NaSi. The molecule has 0 rings (SSSR count). The third-order valence-electron chi connectivity index (χ3n) is 0. The summed E-state index contributed by atoms with van der Waals surface area (Å²) in [6.45, 7) is 0. The van der Waals surface area contributed by atoms with Crippen molar-refractivity contribution in [2.24, 2.45) is 0 Å². The summed E-state index contributed by atoms with van der Waals surface area (Å²) >= 11 is 0. The van der Waals surface area contributed by atoms with Gasteiger partial charge in [-0.25, -0.2) is 0 Å². The van der Waals surface area contributed by atoms with Crippen molar-refractivity contribution in [2.75, 3.05) is 0 Å². The molecule has 7 heavy (non-hydrogen) atoms. The minimum absolute atomic E-state index is 0. The molecule has 0 aromatic rings. The van der Waals surface area contributed by atoms with E-state index < -0.39 is 0 Å². The first-order valence-electron chi connectivity index (χ1n) is 0. The van der Waals surface area contributed by atoms with E-state index in [1.165, 1.54) is 0 Å². The van der Waals surface area contributed by atoms with Crippen LogP contribution in [0.15, 0.2) is 0 Å². The van der Waals surface area contributed by atoms with Gasteiger partial charge in [0.1, 0.15) is 0 Å². The van der Waals surface area contributed by atoms with Crippen LogP contribution < -0.4 is 53.1 Å². The Morgan fingerprint density at radius 2 is 0.429 bits per heavy atom. The van der Waals surface area contributed by atoms with E-state index in [2.05, 4.69) is 0 Å². The van der Waals surface area contributed by atoms with Crippen LogP contribution in [0.4, 0.5) is 0 Å². The van der Waals surface area contributed by atoms with Gasteiger partial charge in [-0.1, -0.05) is 0 Å². The topological polar surface area (TPSA) is 0 Å². The van der Waals surface area contributed by atoms with Gasteiger partial charge in [0.25, 0.3) is 0 Å². The maximum Gasteiger partial charge on any atom is 4.00 e. The third-order valence-corrected chi connectivity index (χ3v) is 0. The van der Waals surface area contributed by atoms with Crippen LogP contribution in [0.2, 0.25) is 0 Å². The van der Waals surface area contributed by atoms with Gasteiger partial charge in [-0.3, -0.25) is 0 Å². The first kappa shape index (κ1) is 494. The van der Waals surface area contributed by atoms with Crippen LogP contribution >= 0.6 is 0 Å². The van der Waals surface area contributed by atoms with Gasteiger partial charge in [0, 0.05) is 0 Å². The molecule has 7 heteroatoms. The zero-order chi connectivity index (χ0) is 0. The molecule has 0 saturated carbocycles. The van der Waals surface area contributed by atoms with Crippen molar-refractivity contribution >= 4 is 11.0 Å². The molecular weight excluding hydrogens is 146 g/mol. The van der Waals surface area contributed by atoms with Gasteiger partial charge in [-0.2, -0.15) is 0 Å². The normalized spacial score (nSPS) is 0. The van der Waals surface area contributed by atoms with E-state index in [4.69, 9.17) is 0 Å². The van der Waals surface area contributed by atoms with Crippen LogP contribution in [-0.4, -0.2) is 11.0 Å². The molecule has 0 atom stereocenters. The van der Waals surface area contributed by atoms with Gasteiger partial charge in [-0.15, -0.1) is 0 Å². The van der Waals surface area contributed by atoms with Crippen LogP contribution in [0.25, 0.3) is 0 Å². The molecule has 0 aliphatic rings. The zero-order valence-corrected chi connectivity index (χ0v) is 6.39. The van der Waals surface area contributed by atoms with E-state index in [1.807, 2.05) is 0 Å². The van der Waals surface area contributed by atoms with Gasteiger partial charge in [-0.05, 0) is 0 Å². The van der Waals surface area contributed by atoms with Crippen LogP contribution in [0, 0.1) is 0 Å². The Morgan fingerprint density at radius 1 is 0.429 bits per heavy atom. The molecule has 0 fully saturated rings. The second-order valence-corrected chi connectivity index (χ2v) is 0. The zero-order valence-electron chi connectivity index (χ0n) is 3.39. The molecule has 0 aliphatic heterocycles. The molecule has 0 nitrogen and oxygen atoms in total. The van der Waals surface area contributed by atoms with Crippen molar-refractivity contribution in [1.29, 1.82) is 0 Å². The minimum atomic E-state index is 0. The number of hydrogen-bond donors (Lipinski definition) is 0. The average molecular weight is 146 g/mol. The Bertz CT molecular complexity index is 8.04. The third kappa shape index (κ3) is 216. The average Bonchev–Trinajstić information content (AvgIpc) is 0. The van der Waals surface area contributed by atoms with E-state index in [1.54, 1.807) is 0 Å². The molecule has 0 saturated heterocycles. The predicted molar refractivity (Wildman–Crippen MR) is 5.75 cm³/mol. The van der Waals surface area contributed by atoms with Crippen molar-refractivity contribution in [1.82, 2.24) is 0 Å². The van der Waals surface area contributed by atoms with Gasteiger partial charge >= 0.3 is 40.5 Å². The van der Waals surface area contributed by atoms with Crippen LogP contribution in [0.5, 0.6) is 0 Å². The quantitative estimate of drug-likeness (QED) is 0.235. The van der Waals surface area contributed by atoms with E-state index >= 15 is 0 Å². The van der Waals surface area contributed by atoms with Crippen molar-refractivity contribution in [2.45, 2.75) is 0 Å². The monoisotopic (exact) mass is 146 g/mol. The first-order chi connectivity index (χ1) is 0. The van der Waals surface area contributed by atoms with Gasteiger partial charge in [0.15, 0.2) is 0 Å². The van der Waals surface area contributed by atoms with Gasteiger partial charge < -0.3 is 23.5 Å². The molecule has 0 radical (unpaired) electrons. The Labute approximate surface area is 64.2 Å². The number of rotatable bonds is 0. The second-order valence-electron chi connectivity index (χ2n) is 0. The van der Waals surface area contributed by atoms with Crippen molar-refractivity contribution in [3.05, 3.63) is 0 Å². The molecule has 0 unspecified atom stereocenters. The Hall–Kier alpha value is 0.867. The minimum Gasteiger partial charge on any atom is -1.00 e. The predicted octanol–water partition coefficient (Wildman–Crippen LogP) is -18.4. The standard InChI is InChI=1S/5FH.Na.Si/h5*1H;;/q;;;;;+1;+4/p-5.